The first-order valence-corrected chi connectivity index (χ1v) is 26.8. The average molecular weight is 1180 g/mol. The molecule has 0 radical (unpaired) electrons. The molecule has 0 spiro atoms. The zero-order valence-corrected chi connectivity index (χ0v) is 44.8. The zero-order chi connectivity index (χ0) is 57.0. The minimum absolute atomic E-state index is 0.0738. The number of fused-ring (bicyclic) bond motifs is 3. The number of H-pyrrole nitrogens is 2. The first kappa shape index (κ1) is 55.1. The number of ketones is 3. The molecule has 0 aliphatic carbocycles. The lowest BCUT2D eigenvalue weighted by Crippen LogP contribution is -2.11. The Hall–Kier alpha value is -9.67. The van der Waals surface area contributed by atoms with Crippen LogP contribution < -0.4 is 0 Å². The van der Waals surface area contributed by atoms with Crippen molar-refractivity contribution in [3.63, 3.8) is 0 Å². The topological polar surface area (TPSA) is 347 Å². The lowest BCUT2D eigenvalue weighted by Gasteiger charge is -2.07. The molecule has 0 aliphatic heterocycles. The maximum absolute atomic E-state index is 13.1. The van der Waals surface area contributed by atoms with Crippen molar-refractivity contribution in [3.05, 3.63) is 201 Å². The molecule has 25 nitrogen and oxygen atoms in total. The number of aromatic nitrogens is 15. The molecule has 0 fully saturated rings. The second-order valence-electron chi connectivity index (χ2n) is 16.7. The molecule has 0 unspecified atom stereocenters. The van der Waals surface area contributed by atoms with E-state index < -0.39 is 48.9 Å². The summed E-state index contributed by atoms with van der Waals surface area (Å²) < 4.78 is 54.6. The van der Waals surface area contributed by atoms with Crippen LogP contribution in [-0.4, -0.2) is 123 Å². The van der Waals surface area contributed by atoms with Crippen molar-refractivity contribution < 1.29 is 46.5 Å². The number of tetrazole rings is 3. The molecular weight excluding hydrogens is 1140 g/mol. The number of aliphatic hydroxyl groups is 3. The van der Waals surface area contributed by atoms with Crippen LogP contribution in [0.1, 0.15) is 48.5 Å². The van der Waals surface area contributed by atoms with E-state index in [4.69, 9.17) is 34.8 Å². The van der Waals surface area contributed by atoms with Crippen molar-refractivity contribution in [1.82, 2.24) is 74.0 Å². The number of hydrogen-bond acceptors (Lipinski definition) is 19. The first-order chi connectivity index (χ1) is 38.2. The van der Waals surface area contributed by atoms with Crippen molar-refractivity contribution in [3.8, 4) is 0 Å². The fraction of sp³-hybridized carbons (Fsp3) is 0.0400. The van der Waals surface area contributed by atoms with Gasteiger partial charge in [0.2, 0.25) is 34.8 Å². The first-order valence-electron chi connectivity index (χ1n) is 22.8. The summed E-state index contributed by atoms with van der Waals surface area (Å²) >= 11 is 18.1. The predicted octanol–water partition coefficient (Wildman–Crippen LogP) is 7.79. The molecule has 30 heteroatoms. The van der Waals surface area contributed by atoms with Gasteiger partial charge in [-0.3, -0.25) is 14.4 Å². The Morgan fingerprint density at radius 2 is 0.938 bits per heavy atom. The summed E-state index contributed by atoms with van der Waals surface area (Å²) in [6, 6.07) is 30.1. The molecule has 0 atom stereocenters. The summed E-state index contributed by atoms with van der Waals surface area (Å²) in [6.45, 7) is 0. The van der Waals surface area contributed by atoms with Crippen LogP contribution in [0.2, 0.25) is 15.1 Å². The molecule has 0 saturated carbocycles. The molecule has 0 saturated heterocycles. The Balaban J connectivity index is 0.000000148. The Bertz CT molecular complexity index is 4520. The number of aromatic amines is 2. The number of aryl methyl sites for hydroxylation is 2. The fourth-order valence-corrected chi connectivity index (χ4v) is 11.0. The number of rotatable bonds is 13. The average Bonchev–Trinajstić information content (AvgIpc) is 4.38. The van der Waals surface area contributed by atoms with Crippen LogP contribution in [0.3, 0.4) is 0 Å². The van der Waals surface area contributed by atoms with Crippen LogP contribution in [0.5, 0.6) is 0 Å². The highest BCUT2D eigenvalue weighted by molar-refractivity contribution is 7.90. The number of nitrogens with zero attached hydrogens (tertiary/aromatic N) is 13. The van der Waals surface area contributed by atoms with Crippen LogP contribution in [0.25, 0.3) is 50.0 Å². The summed E-state index contributed by atoms with van der Waals surface area (Å²) in [5.41, 5.74) is 2.09. The van der Waals surface area contributed by atoms with E-state index in [0.29, 0.717) is 42.4 Å². The van der Waals surface area contributed by atoms with Crippen molar-refractivity contribution in [2.45, 2.75) is 9.79 Å². The highest BCUT2D eigenvalue weighted by Crippen LogP contribution is 2.34. The molecule has 11 rings (SSSR count). The van der Waals surface area contributed by atoms with Gasteiger partial charge >= 0.3 is 0 Å². The second-order valence-corrected chi connectivity index (χ2v) is 21.6. The Kier molecular flexibility index (Phi) is 15.7. The van der Waals surface area contributed by atoms with Gasteiger partial charge in [-0.25, -0.2) is 24.8 Å². The van der Waals surface area contributed by atoms with Gasteiger partial charge in [0.1, 0.15) is 17.3 Å². The van der Waals surface area contributed by atoms with Gasteiger partial charge in [0.05, 0.1) is 34.9 Å². The van der Waals surface area contributed by atoms with E-state index in [0.717, 1.165) is 41.9 Å². The molecule has 404 valence electrons. The molecule has 80 heavy (non-hydrogen) atoms. The van der Waals surface area contributed by atoms with Crippen LogP contribution in [0, 0.1) is 0 Å². The highest BCUT2D eigenvalue weighted by Gasteiger charge is 2.26. The van der Waals surface area contributed by atoms with Crippen molar-refractivity contribution >= 4 is 122 Å². The van der Waals surface area contributed by atoms with E-state index >= 15 is 0 Å². The van der Waals surface area contributed by atoms with Crippen LogP contribution in [0.4, 0.5) is 0 Å². The van der Waals surface area contributed by atoms with Gasteiger partial charge in [0.25, 0.3) is 20.0 Å². The summed E-state index contributed by atoms with van der Waals surface area (Å²) in [7, 11) is -4.86. The summed E-state index contributed by atoms with van der Waals surface area (Å²) in [4.78, 5) is 41.8. The molecular formula is C50H36Cl3N15O10S2. The predicted molar refractivity (Wildman–Crippen MR) is 292 cm³/mol. The summed E-state index contributed by atoms with van der Waals surface area (Å²) in [5.74, 6) is -3.56. The molecule has 0 amide bonds. The number of carbonyl (C=O) groups excluding carboxylic acids is 3. The maximum atomic E-state index is 13.1. The van der Waals surface area contributed by atoms with E-state index in [2.05, 4.69) is 56.4 Å². The number of aliphatic hydroxyl groups excluding tert-OH is 3. The Morgan fingerprint density at radius 3 is 1.35 bits per heavy atom. The van der Waals surface area contributed by atoms with E-state index in [1.165, 1.54) is 78.8 Å². The van der Waals surface area contributed by atoms with E-state index in [1.807, 2.05) is 0 Å². The van der Waals surface area contributed by atoms with Gasteiger partial charge in [-0.2, -0.15) is 14.8 Å². The Labute approximate surface area is 465 Å². The molecule has 0 aliphatic rings. The number of nitrogens with one attached hydrogen (secondary N) is 2. The van der Waals surface area contributed by atoms with Crippen LogP contribution in [-0.2, 0) is 34.1 Å². The summed E-state index contributed by atoms with van der Waals surface area (Å²) in [6.07, 6.45) is 6.93. The molecule has 5 N–H and O–H groups in total. The molecule has 6 aromatic heterocycles. The minimum atomic E-state index is -3.96. The number of benzene rings is 5. The van der Waals surface area contributed by atoms with Gasteiger partial charge in [0.15, 0.2) is 0 Å². The number of halogens is 3. The van der Waals surface area contributed by atoms with Gasteiger partial charge in [-0.1, -0.05) is 71.2 Å². The van der Waals surface area contributed by atoms with E-state index in [-0.39, 0.29) is 44.2 Å². The quantitative estimate of drug-likeness (QED) is 0.0417. The number of carbonyl (C=O) groups is 3. The Morgan fingerprint density at radius 1 is 0.525 bits per heavy atom. The van der Waals surface area contributed by atoms with E-state index in [1.54, 1.807) is 73.9 Å². The third-order valence-corrected chi connectivity index (χ3v) is 15.4. The lowest BCUT2D eigenvalue weighted by atomic mass is 10.1. The molecule has 11 aromatic rings. The standard InChI is InChI=1S/C19H14ClN5O4S.C18H12ClN5O4S.C13H10ClN5O2/c1-24-22-19(21-23-24)18(27)10-17(26)15-11-25(16-8-7-12(20)9-14(15)16)30(28,29)13-5-3-2-4-6-13;19-11-6-7-15-13(8-11)14(16(25)9-17(26)18-20-22-23-21-18)10-24(15)29(27,28)12-4-2-1-3-5-12;1-19-17-13(16-18-19)12(21)5-11(20)9-6-15-10-3-2-7(14)4-8(9)10/h2-11,26H,1H3;1-10,25H,(H,20,21,22,23);2-6,15,20H,1H3. The number of allylic oxidation sites excluding steroid dienone is 3. The summed E-state index contributed by atoms with van der Waals surface area (Å²) in [5, 5.41) is 68.3. The van der Waals surface area contributed by atoms with Gasteiger partial charge < -0.3 is 20.3 Å². The minimum Gasteiger partial charge on any atom is -0.507 e. The lowest BCUT2D eigenvalue weighted by molar-refractivity contribution is 0.102. The van der Waals surface area contributed by atoms with Gasteiger partial charge in [-0.15, -0.1) is 30.6 Å². The fourth-order valence-electron chi connectivity index (χ4n) is 7.70. The molecule has 0 bridgehead atoms. The monoisotopic (exact) mass is 1180 g/mol. The third kappa shape index (κ3) is 11.6. The van der Waals surface area contributed by atoms with Gasteiger partial charge in [-0.05, 0) is 94.5 Å². The maximum Gasteiger partial charge on any atom is 0.268 e. The van der Waals surface area contributed by atoms with E-state index in [9.17, 15) is 46.5 Å². The zero-order valence-electron chi connectivity index (χ0n) is 40.9. The van der Waals surface area contributed by atoms with Crippen molar-refractivity contribution in [1.29, 1.82) is 0 Å². The van der Waals surface area contributed by atoms with Gasteiger partial charge in [0, 0.05) is 90.3 Å². The van der Waals surface area contributed by atoms with Crippen LogP contribution in [0.15, 0.2) is 162 Å². The normalized spacial score (nSPS) is 12.3. The molecule has 6 heterocycles. The second kappa shape index (κ2) is 22.7. The highest BCUT2D eigenvalue weighted by atomic mass is 35.5. The third-order valence-electron chi connectivity index (χ3n) is 11.4. The largest absolute Gasteiger partial charge is 0.507 e. The smallest absolute Gasteiger partial charge is 0.268 e. The van der Waals surface area contributed by atoms with Crippen molar-refractivity contribution in [2.75, 3.05) is 0 Å². The van der Waals surface area contributed by atoms with Crippen molar-refractivity contribution in [2.24, 2.45) is 14.1 Å². The van der Waals surface area contributed by atoms with Crippen LogP contribution >= 0.6 is 34.8 Å². The molecule has 5 aromatic carbocycles. The SMILES string of the molecule is Cn1nnc(C(=O)C=C(O)c2c[nH]c3ccc(Cl)cc23)n1.Cn1nnc(C(=O)C=C(O)c2cn(S(=O)(=O)c3ccccc3)c3ccc(Cl)cc23)n1.O=C(C=C(O)c1cn(S(=O)(=O)c2ccccc2)c2ccc(Cl)cc12)c1nn[nH]n1. The number of hydrogen-bond donors (Lipinski definition) is 5.